The number of carbonyl (C=O) groups excluding carboxylic acids is 1. The van der Waals surface area contributed by atoms with E-state index in [0.29, 0.717) is 34.1 Å². The number of halogens is 3. The second kappa shape index (κ2) is 12.1. The molecule has 1 amide bonds. The molecule has 5 rings (SSSR count). The first kappa shape index (κ1) is 30.8. The number of likely N-dealkylation sites (N-methyl/N-ethyl adjacent to an activating group) is 1. The quantitative estimate of drug-likeness (QED) is 0.408. The lowest BCUT2D eigenvalue weighted by molar-refractivity contribution is -0.186. The van der Waals surface area contributed by atoms with E-state index in [1.165, 1.54) is 12.1 Å². The minimum Gasteiger partial charge on any atom is -0.424 e. The number of hydrogen-bond donors (Lipinski definition) is 1. The molecule has 0 unspecified atom stereocenters. The number of fused-ring (bicyclic) bond motifs is 1. The van der Waals surface area contributed by atoms with Gasteiger partial charge < -0.3 is 19.4 Å². The smallest absolute Gasteiger partial charge is 0.424 e. The largest absolute Gasteiger partial charge is 0.471 e. The normalized spacial score (nSPS) is 17.1. The maximum absolute atomic E-state index is 13.3. The number of aromatic nitrogens is 3. The number of alkyl halides is 3. The van der Waals surface area contributed by atoms with Gasteiger partial charge in [-0.3, -0.25) is 9.36 Å². The molecule has 3 aromatic rings. The molecule has 1 fully saturated rings. The summed E-state index contributed by atoms with van der Waals surface area (Å²) >= 11 is 0. The van der Waals surface area contributed by atoms with E-state index < -0.39 is 28.1 Å². The number of ether oxygens (including phenoxy) is 1. The number of nitrogens with zero attached hydrogens (tertiary/aromatic N) is 6. The van der Waals surface area contributed by atoms with Crippen LogP contribution < -0.4 is 14.4 Å². The van der Waals surface area contributed by atoms with Crippen LogP contribution in [0.5, 0.6) is 11.8 Å². The molecule has 232 valence electrons. The Balaban J connectivity index is 1.30. The molecule has 2 aromatic carbocycles. The van der Waals surface area contributed by atoms with Gasteiger partial charge in [-0.05, 0) is 62.7 Å². The molecule has 15 heteroatoms. The Morgan fingerprint density at radius 1 is 1.05 bits per heavy atom. The highest BCUT2D eigenvalue weighted by Gasteiger charge is 2.43. The Morgan fingerprint density at radius 2 is 1.79 bits per heavy atom. The lowest BCUT2D eigenvalue weighted by Crippen LogP contribution is -2.44. The van der Waals surface area contributed by atoms with E-state index in [1.54, 1.807) is 17.6 Å². The van der Waals surface area contributed by atoms with E-state index in [0.717, 1.165) is 31.9 Å². The van der Waals surface area contributed by atoms with Gasteiger partial charge in [0.2, 0.25) is 10.0 Å². The number of hydrogen-bond acceptors (Lipinski definition) is 8. The average molecular weight is 622 g/mol. The number of rotatable bonds is 8. The molecular weight excluding hydrogens is 587 g/mol. The molecule has 0 bridgehead atoms. The fourth-order valence-electron chi connectivity index (χ4n) is 5.31. The van der Waals surface area contributed by atoms with Crippen molar-refractivity contribution < 1.29 is 31.1 Å². The summed E-state index contributed by atoms with van der Waals surface area (Å²) in [5.41, 5.74) is 2.08. The molecule has 0 spiro atoms. The molecule has 0 aliphatic carbocycles. The predicted molar refractivity (Wildman–Crippen MR) is 152 cm³/mol. The van der Waals surface area contributed by atoms with Gasteiger partial charge in [0.15, 0.2) is 5.82 Å². The van der Waals surface area contributed by atoms with Crippen molar-refractivity contribution in [3.63, 3.8) is 0 Å². The van der Waals surface area contributed by atoms with Crippen molar-refractivity contribution in [2.45, 2.75) is 50.5 Å². The predicted octanol–water partition coefficient (Wildman–Crippen LogP) is 3.33. The highest BCUT2D eigenvalue weighted by atomic mass is 32.2. The standard InChI is InChI=1S/C28H34F3N7O4S/c1-4-38-25(32-33-27(38)42-23-7-5-6-22(17-23)36-14-12-35(3)13-15-36)19(2)34-43(40,41)24-9-8-20-10-11-37(18-21(20)16-24)26(39)28(29,30)31/h5-9,16-17,19,34H,4,10-15,18H2,1-3H3/t19-/m1/s1. The first-order valence-electron chi connectivity index (χ1n) is 14.0. The summed E-state index contributed by atoms with van der Waals surface area (Å²) in [6, 6.07) is 11.4. The maximum Gasteiger partial charge on any atom is 0.471 e. The molecule has 0 radical (unpaired) electrons. The maximum atomic E-state index is 13.3. The van der Waals surface area contributed by atoms with Gasteiger partial charge in [0.1, 0.15) is 5.75 Å². The van der Waals surface area contributed by atoms with Crippen LogP contribution >= 0.6 is 0 Å². The Hall–Kier alpha value is -3.69. The highest BCUT2D eigenvalue weighted by Crippen LogP contribution is 2.29. The summed E-state index contributed by atoms with van der Waals surface area (Å²) in [5, 5.41) is 8.37. The van der Waals surface area contributed by atoms with Gasteiger partial charge in [-0.25, -0.2) is 13.1 Å². The SMILES string of the molecule is CCn1c(Oc2cccc(N3CCN(C)CC3)c2)nnc1[C@@H](C)NS(=O)(=O)c1ccc2c(c1)CN(C(=O)C(F)(F)F)CC2. The lowest BCUT2D eigenvalue weighted by Gasteiger charge is -2.34. The summed E-state index contributed by atoms with van der Waals surface area (Å²) in [6.07, 6.45) is -4.80. The molecule has 2 aliphatic heterocycles. The third kappa shape index (κ3) is 6.78. The molecular formula is C28H34F3N7O4S. The number of carbonyl (C=O) groups is 1. The van der Waals surface area contributed by atoms with Crippen LogP contribution in [0.1, 0.15) is 36.8 Å². The fourth-order valence-corrected chi connectivity index (χ4v) is 6.57. The van der Waals surface area contributed by atoms with Gasteiger partial charge in [-0.2, -0.15) is 13.2 Å². The van der Waals surface area contributed by atoms with Crippen LogP contribution in [0.3, 0.4) is 0 Å². The molecule has 0 saturated carbocycles. The zero-order valence-corrected chi connectivity index (χ0v) is 25.0. The van der Waals surface area contributed by atoms with Crippen LogP contribution in [0.4, 0.5) is 18.9 Å². The van der Waals surface area contributed by atoms with Gasteiger partial charge in [-0.1, -0.05) is 17.2 Å². The Labute approximate surface area is 248 Å². The number of amides is 1. The number of benzene rings is 2. The third-order valence-corrected chi connectivity index (χ3v) is 9.24. The minimum atomic E-state index is -5.00. The van der Waals surface area contributed by atoms with Crippen LogP contribution in [-0.2, 0) is 34.3 Å². The van der Waals surface area contributed by atoms with Gasteiger partial charge in [0.25, 0.3) is 0 Å². The minimum absolute atomic E-state index is 0.0933. The van der Waals surface area contributed by atoms with Gasteiger partial charge in [0, 0.05) is 57.6 Å². The molecule has 2 aliphatic rings. The molecule has 1 atom stereocenters. The number of anilines is 1. The molecule has 3 heterocycles. The molecule has 1 aromatic heterocycles. The van der Waals surface area contributed by atoms with Gasteiger partial charge >= 0.3 is 18.1 Å². The second-order valence-electron chi connectivity index (χ2n) is 10.7. The van der Waals surface area contributed by atoms with Crippen molar-refractivity contribution >= 4 is 21.6 Å². The van der Waals surface area contributed by atoms with E-state index in [9.17, 15) is 26.4 Å². The first-order valence-corrected chi connectivity index (χ1v) is 15.5. The average Bonchev–Trinajstić information content (AvgIpc) is 3.38. The zero-order chi connectivity index (χ0) is 30.9. The Kier molecular flexibility index (Phi) is 8.68. The molecule has 43 heavy (non-hydrogen) atoms. The molecule has 1 N–H and O–H groups in total. The van der Waals surface area contributed by atoms with Crippen LogP contribution in [0.15, 0.2) is 47.4 Å². The van der Waals surface area contributed by atoms with Crippen molar-refractivity contribution in [2.24, 2.45) is 0 Å². The van der Waals surface area contributed by atoms with Gasteiger partial charge in [0.05, 0.1) is 10.9 Å². The number of nitrogens with one attached hydrogen (secondary N) is 1. The summed E-state index contributed by atoms with van der Waals surface area (Å²) in [5.74, 6) is -1.04. The summed E-state index contributed by atoms with van der Waals surface area (Å²) in [7, 11) is -2.01. The van der Waals surface area contributed by atoms with E-state index >= 15 is 0 Å². The van der Waals surface area contributed by atoms with E-state index in [1.807, 2.05) is 31.2 Å². The summed E-state index contributed by atoms with van der Waals surface area (Å²) in [4.78, 5) is 16.8. The van der Waals surface area contributed by atoms with Crippen molar-refractivity contribution in [1.82, 2.24) is 29.3 Å². The van der Waals surface area contributed by atoms with Crippen molar-refractivity contribution in [2.75, 3.05) is 44.7 Å². The fraction of sp³-hybridized carbons (Fsp3) is 0.464. The number of sulfonamides is 1. The van der Waals surface area contributed by atoms with Crippen LogP contribution in [0.25, 0.3) is 0 Å². The van der Waals surface area contributed by atoms with Gasteiger partial charge in [-0.15, -0.1) is 5.10 Å². The third-order valence-electron chi connectivity index (χ3n) is 7.71. The van der Waals surface area contributed by atoms with Crippen LogP contribution in [0, 0.1) is 0 Å². The number of piperazine rings is 1. The van der Waals surface area contributed by atoms with E-state index in [4.69, 9.17) is 4.74 Å². The lowest BCUT2D eigenvalue weighted by atomic mass is 10.00. The van der Waals surface area contributed by atoms with Crippen molar-refractivity contribution in [3.8, 4) is 11.8 Å². The monoisotopic (exact) mass is 621 g/mol. The van der Waals surface area contributed by atoms with Crippen LogP contribution in [-0.4, -0.2) is 84.8 Å². The highest BCUT2D eigenvalue weighted by molar-refractivity contribution is 7.89. The first-order chi connectivity index (χ1) is 20.4. The van der Waals surface area contributed by atoms with Crippen molar-refractivity contribution in [3.05, 3.63) is 59.4 Å². The Bertz CT molecular complexity index is 1590. The second-order valence-corrected chi connectivity index (χ2v) is 12.4. The zero-order valence-electron chi connectivity index (χ0n) is 24.1. The van der Waals surface area contributed by atoms with E-state index in [2.05, 4.69) is 31.8 Å². The summed E-state index contributed by atoms with van der Waals surface area (Å²) < 4.78 is 75.8. The summed E-state index contributed by atoms with van der Waals surface area (Å²) in [6.45, 7) is 7.21. The topological polar surface area (TPSA) is 113 Å². The molecule has 11 nitrogen and oxygen atoms in total. The molecule has 1 saturated heterocycles. The van der Waals surface area contributed by atoms with Crippen molar-refractivity contribution in [1.29, 1.82) is 0 Å². The Morgan fingerprint density at radius 3 is 2.49 bits per heavy atom. The van der Waals surface area contributed by atoms with Crippen LogP contribution in [0.2, 0.25) is 0 Å². The van der Waals surface area contributed by atoms with E-state index in [-0.39, 0.29) is 30.4 Å².